The third-order valence-corrected chi connectivity index (χ3v) is 4.23. The van der Waals surface area contributed by atoms with E-state index in [1.807, 2.05) is 0 Å². The maximum atomic E-state index is 12.8. The maximum absolute atomic E-state index is 12.8. The highest BCUT2D eigenvalue weighted by molar-refractivity contribution is 5.93. The summed E-state index contributed by atoms with van der Waals surface area (Å²) in [6, 6.07) is 5.77. The number of morpholine rings is 1. The van der Waals surface area contributed by atoms with Crippen molar-refractivity contribution in [1.82, 2.24) is 19.9 Å². The standard InChI is InChI=1S/C17H18F2N4O5/c1-10-15(16(26)22-6-7-27-13(9-22)8-14(24)25)20-21-23(10)11-2-4-12(5-3-11)28-17(18)19/h2-5,13,17H,6-9H2,1H3,(H,24,25). The van der Waals surface area contributed by atoms with Crippen LogP contribution in [0.25, 0.3) is 5.69 Å². The van der Waals surface area contributed by atoms with E-state index in [-0.39, 0.29) is 36.9 Å². The molecule has 9 nitrogen and oxygen atoms in total. The van der Waals surface area contributed by atoms with Gasteiger partial charge in [-0.2, -0.15) is 8.78 Å². The Morgan fingerprint density at radius 2 is 2.07 bits per heavy atom. The van der Waals surface area contributed by atoms with Crippen LogP contribution in [-0.4, -0.2) is 69.3 Å². The zero-order valence-corrected chi connectivity index (χ0v) is 14.9. The molecule has 1 unspecified atom stereocenters. The van der Waals surface area contributed by atoms with Gasteiger partial charge in [-0.1, -0.05) is 5.21 Å². The van der Waals surface area contributed by atoms with Crippen LogP contribution < -0.4 is 4.74 Å². The molecule has 1 amide bonds. The summed E-state index contributed by atoms with van der Waals surface area (Å²) in [4.78, 5) is 25.1. The normalized spacial score (nSPS) is 17.0. The van der Waals surface area contributed by atoms with Crippen LogP contribution in [-0.2, 0) is 9.53 Å². The molecule has 1 aliphatic rings. The van der Waals surface area contributed by atoms with Crippen molar-refractivity contribution in [2.24, 2.45) is 0 Å². The lowest BCUT2D eigenvalue weighted by Gasteiger charge is -2.31. The van der Waals surface area contributed by atoms with Gasteiger partial charge in [-0.05, 0) is 31.2 Å². The van der Waals surface area contributed by atoms with Crippen LogP contribution in [0.3, 0.4) is 0 Å². The number of halogens is 2. The van der Waals surface area contributed by atoms with E-state index < -0.39 is 18.7 Å². The fourth-order valence-corrected chi connectivity index (χ4v) is 2.91. The molecule has 2 aromatic rings. The molecule has 0 radical (unpaired) electrons. The molecule has 1 fully saturated rings. The van der Waals surface area contributed by atoms with Gasteiger partial charge < -0.3 is 19.5 Å². The zero-order chi connectivity index (χ0) is 20.3. The number of carbonyl (C=O) groups excluding carboxylic acids is 1. The Hall–Kier alpha value is -3.08. The summed E-state index contributed by atoms with van der Waals surface area (Å²) < 4.78 is 35.6. The average Bonchev–Trinajstić information content (AvgIpc) is 3.02. The first-order valence-corrected chi connectivity index (χ1v) is 8.45. The maximum Gasteiger partial charge on any atom is 0.387 e. The van der Waals surface area contributed by atoms with Crippen LogP contribution >= 0.6 is 0 Å². The van der Waals surface area contributed by atoms with Gasteiger partial charge >= 0.3 is 12.6 Å². The number of aliphatic carboxylic acids is 1. The first-order valence-electron chi connectivity index (χ1n) is 8.45. The van der Waals surface area contributed by atoms with E-state index in [1.54, 1.807) is 6.92 Å². The minimum absolute atomic E-state index is 0.00519. The van der Waals surface area contributed by atoms with E-state index in [4.69, 9.17) is 9.84 Å². The van der Waals surface area contributed by atoms with Crippen LogP contribution in [0.2, 0.25) is 0 Å². The van der Waals surface area contributed by atoms with Crippen molar-refractivity contribution in [2.45, 2.75) is 26.1 Å². The Balaban J connectivity index is 1.75. The summed E-state index contributed by atoms with van der Waals surface area (Å²) in [6.07, 6.45) is -0.768. The lowest BCUT2D eigenvalue weighted by molar-refractivity contribution is -0.141. The lowest BCUT2D eigenvalue weighted by Crippen LogP contribution is -2.46. The van der Waals surface area contributed by atoms with Gasteiger partial charge in [-0.25, -0.2) is 4.68 Å². The highest BCUT2D eigenvalue weighted by atomic mass is 19.3. The van der Waals surface area contributed by atoms with Crippen LogP contribution in [0, 0.1) is 6.92 Å². The number of hydrogen-bond donors (Lipinski definition) is 1. The van der Waals surface area contributed by atoms with Crippen molar-refractivity contribution in [1.29, 1.82) is 0 Å². The Labute approximate surface area is 158 Å². The van der Waals surface area contributed by atoms with Crippen molar-refractivity contribution in [3.63, 3.8) is 0 Å². The second kappa shape index (κ2) is 8.30. The fourth-order valence-electron chi connectivity index (χ4n) is 2.91. The number of benzene rings is 1. The zero-order valence-electron chi connectivity index (χ0n) is 14.9. The quantitative estimate of drug-likeness (QED) is 0.788. The molecule has 1 aromatic heterocycles. The molecule has 11 heteroatoms. The minimum Gasteiger partial charge on any atom is -0.481 e. The average molecular weight is 396 g/mol. The Morgan fingerprint density at radius 3 is 2.71 bits per heavy atom. The number of aromatic nitrogens is 3. The number of carbonyl (C=O) groups is 2. The van der Waals surface area contributed by atoms with Gasteiger partial charge in [0.15, 0.2) is 5.69 Å². The fraction of sp³-hybridized carbons (Fsp3) is 0.412. The van der Waals surface area contributed by atoms with Gasteiger partial charge in [0.1, 0.15) is 5.75 Å². The number of ether oxygens (including phenoxy) is 2. The molecule has 0 spiro atoms. The van der Waals surface area contributed by atoms with Crippen LogP contribution in [0.5, 0.6) is 5.75 Å². The molecule has 0 saturated carbocycles. The van der Waals surface area contributed by atoms with Crippen LogP contribution in [0.1, 0.15) is 22.6 Å². The summed E-state index contributed by atoms with van der Waals surface area (Å²) in [7, 11) is 0. The lowest BCUT2D eigenvalue weighted by atomic mass is 10.2. The predicted octanol–water partition coefficient (Wildman–Crippen LogP) is 1.49. The number of carboxylic acid groups (broad SMARTS) is 1. The first kappa shape index (κ1) is 19.7. The minimum atomic E-state index is -2.92. The molecule has 0 aliphatic carbocycles. The van der Waals surface area contributed by atoms with E-state index in [1.165, 1.54) is 33.8 Å². The molecular formula is C17H18F2N4O5. The highest BCUT2D eigenvalue weighted by Gasteiger charge is 2.29. The van der Waals surface area contributed by atoms with Gasteiger partial charge in [-0.15, -0.1) is 5.10 Å². The summed E-state index contributed by atoms with van der Waals surface area (Å²) >= 11 is 0. The summed E-state index contributed by atoms with van der Waals surface area (Å²) in [5.74, 6) is -1.37. The third-order valence-electron chi connectivity index (χ3n) is 4.23. The van der Waals surface area contributed by atoms with Crippen molar-refractivity contribution < 1.29 is 33.0 Å². The second-order valence-corrected chi connectivity index (χ2v) is 6.15. The van der Waals surface area contributed by atoms with E-state index in [0.29, 0.717) is 17.9 Å². The molecule has 1 atom stereocenters. The second-order valence-electron chi connectivity index (χ2n) is 6.15. The first-order chi connectivity index (χ1) is 13.3. The Bertz CT molecular complexity index is 856. The molecule has 1 aromatic carbocycles. The topological polar surface area (TPSA) is 107 Å². The largest absolute Gasteiger partial charge is 0.481 e. The van der Waals surface area contributed by atoms with Gasteiger partial charge in [0.25, 0.3) is 5.91 Å². The summed E-state index contributed by atoms with van der Waals surface area (Å²) in [5, 5.41) is 16.8. The molecule has 150 valence electrons. The summed E-state index contributed by atoms with van der Waals surface area (Å²) in [6.45, 7) is -0.548. The van der Waals surface area contributed by atoms with Gasteiger partial charge in [-0.3, -0.25) is 9.59 Å². The molecule has 1 N–H and O–H groups in total. The molecule has 3 rings (SSSR count). The van der Waals surface area contributed by atoms with Gasteiger partial charge in [0.2, 0.25) is 0 Å². The van der Waals surface area contributed by atoms with E-state index in [2.05, 4.69) is 15.0 Å². The number of rotatable bonds is 6. The predicted molar refractivity (Wildman–Crippen MR) is 90.6 cm³/mol. The van der Waals surface area contributed by atoms with E-state index in [9.17, 15) is 18.4 Å². The van der Waals surface area contributed by atoms with Crippen LogP contribution in [0.4, 0.5) is 8.78 Å². The highest BCUT2D eigenvalue weighted by Crippen LogP contribution is 2.20. The molecule has 1 saturated heterocycles. The van der Waals surface area contributed by atoms with Crippen molar-refractivity contribution in [3.8, 4) is 11.4 Å². The molecular weight excluding hydrogens is 378 g/mol. The third kappa shape index (κ3) is 4.42. The molecule has 0 bridgehead atoms. The number of carboxylic acids is 1. The SMILES string of the molecule is Cc1c(C(=O)N2CCOC(CC(=O)O)C2)nnn1-c1ccc(OC(F)F)cc1. The van der Waals surface area contributed by atoms with Crippen molar-refractivity contribution in [2.75, 3.05) is 19.7 Å². The smallest absolute Gasteiger partial charge is 0.387 e. The Morgan fingerprint density at radius 1 is 1.36 bits per heavy atom. The number of amides is 1. The molecule has 2 heterocycles. The van der Waals surface area contributed by atoms with E-state index in [0.717, 1.165) is 0 Å². The number of alkyl halides is 2. The molecule has 28 heavy (non-hydrogen) atoms. The Kier molecular flexibility index (Phi) is 5.83. The van der Waals surface area contributed by atoms with Crippen LogP contribution in [0.15, 0.2) is 24.3 Å². The number of nitrogens with zero attached hydrogens (tertiary/aromatic N) is 4. The van der Waals surface area contributed by atoms with Crippen molar-refractivity contribution >= 4 is 11.9 Å². The monoisotopic (exact) mass is 396 g/mol. The van der Waals surface area contributed by atoms with E-state index >= 15 is 0 Å². The van der Waals surface area contributed by atoms with Gasteiger partial charge in [0, 0.05) is 13.1 Å². The summed E-state index contributed by atoms with van der Waals surface area (Å²) in [5.41, 5.74) is 1.12. The van der Waals surface area contributed by atoms with Gasteiger partial charge in [0.05, 0.1) is 30.5 Å². The van der Waals surface area contributed by atoms with Crippen molar-refractivity contribution in [3.05, 3.63) is 35.7 Å². The number of hydrogen-bond acceptors (Lipinski definition) is 6. The molecule has 1 aliphatic heterocycles.